The number of pyridine rings is 1. The SMILES string of the molecule is C=CC(c1cccnc1)S(=O)(=O)n1cc(CNC)cc1-c1ccc(C2CCCCC2)cc1. The molecule has 0 radical (unpaired) electrons. The van der Waals surface area contributed by atoms with Crippen molar-refractivity contribution >= 4 is 10.0 Å². The Morgan fingerprint density at radius 3 is 2.56 bits per heavy atom. The topological polar surface area (TPSA) is 64.0 Å². The fourth-order valence-electron chi connectivity index (χ4n) is 4.68. The third kappa shape index (κ3) is 4.57. The molecular weight excluding hydrogens is 418 g/mol. The van der Waals surface area contributed by atoms with Crippen LogP contribution in [0.1, 0.15) is 60.0 Å². The summed E-state index contributed by atoms with van der Waals surface area (Å²) < 4.78 is 28.9. The fraction of sp³-hybridized carbons (Fsp3) is 0.346. The van der Waals surface area contributed by atoms with E-state index in [2.05, 4.69) is 41.1 Å². The van der Waals surface area contributed by atoms with Gasteiger partial charge < -0.3 is 5.32 Å². The van der Waals surface area contributed by atoms with Gasteiger partial charge in [-0.25, -0.2) is 12.4 Å². The van der Waals surface area contributed by atoms with Crippen molar-refractivity contribution in [3.05, 3.63) is 90.4 Å². The standard InChI is InChI=1S/C26H31N3O2S/c1-3-26(24-10-7-15-28-18-24)32(30,31)29-19-20(17-27-2)16-25(29)23-13-11-22(12-14-23)21-8-5-4-6-9-21/h3,7,10-16,18-19,21,26-27H,1,4-6,8-9,17H2,2H3. The molecule has 0 bridgehead atoms. The van der Waals surface area contributed by atoms with E-state index in [4.69, 9.17) is 0 Å². The minimum absolute atomic E-state index is 0.585. The van der Waals surface area contributed by atoms with Crippen molar-refractivity contribution in [3.63, 3.8) is 0 Å². The molecule has 0 saturated heterocycles. The molecule has 32 heavy (non-hydrogen) atoms. The lowest BCUT2D eigenvalue weighted by Crippen LogP contribution is -2.20. The second-order valence-corrected chi connectivity index (χ2v) is 10.4. The Balaban J connectivity index is 1.74. The molecule has 1 atom stereocenters. The number of aromatic nitrogens is 2. The van der Waals surface area contributed by atoms with E-state index in [9.17, 15) is 8.42 Å². The van der Waals surface area contributed by atoms with Crippen molar-refractivity contribution in [2.24, 2.45) is 0 Å². The second kappa shape index (κ2) is 9.84. The lowest BCUT2D eigenvalue weighted by Gasteiger charge is -2.22. The van der Waals surface area contributed by atoms with Gasteiger partial charge in [-0.15, -0.1) is 6.58 Å². The van der Waals surface area contributed by atoms with Crippen LogP contribution < -0.4 is 5.32 Å². The zero-order valence-corrected chi connectivity index (χ0v) is 19.4. The van der Waals surface area contributed by atoms with Crippen molar-refractivity contribution < 1.29 is 8.42 Å². The number of rotatable bonds is 8. The number of hydrogen-bond acceptors (Lipinski definition) is 4. The van der Waals surface area contributed by atoms with E-state index < -0.39 is 15.3 Å². The number of hydrogen-bond donors (Lipinski definition) is 1. The van der Waals surface area contributed by atoms with Gasteiger partial charge in [0, 0.05) is 25.1 Å². The second-order valence-electron chi connectivity index (χ2n) is 8.50. The van der Waals surface area contributed by atoms with Gasteiger partial charge in [0.25, 0.3) is 0 Å². The third-order valence-electron chi connectivity index (χ3n) is 6.33. The van der Waals surface area contributed by atoms with E-state index in [1.54, 1.807) is 30.7 Å². The summed E-state index contributed by atoms with van der Waals surface area (Å²) in [5.41, 5.74) is 4.43. The highest BCUT2D eigenvalue weighted by atomic mass is 32.2. The predicted octanol–water partition coefficient (Wildman–Crippen LogP) is 5.42. The van der Waals surface area contributed by atoms with Gasteiger partial charge in [-0.3, -0.25) is 4.98 Å². The van der Waals surface area contributed by atoms with Crippen molar-refractivity contribution in [1.82, 2.24) is 14.3 Å². The van der Waals surface area contributed by atoms with Crippen molar-refractivity contribution in [2.45, 2.75) is 49.8 Å². The molecular formula is C26H31N3O2S. The molecule has 1 aliphatic carbocycles. The van der Waals surface area contributed by atoms with Gasteiger partial charge in [-0.2, -0.15) is 0 Å². The molecule has 1 unspecified atom stereocenters. The van der Waals surface area contributed by atoms with Crippen LogP contribution in [0.5, 0.6) is 0 Å². The van der Waals surface area contributed by atoms with Crippen molar-refractivity contribution in [2.75, 3.05) is 7.05 Å². The molecule has 5 nitrogen and oxygen atoms in total. The molecule has 1 aliphatic rings. The van der Waals surface area contributed by atoms with E-state index in [0.29, 0.717) is 23.7 Å². The average Bonchev–Trinajstić information content (AvgIpc) is 3.26. The van der Waals surface area contributed by atoms with Crippen LogP contribution in [0.3, 0.4) is 0 Å². The summed E-state index contributed by atoms with van der Waals surface area (Å²) in [5, 5.41) is 2.23. The molecule has 0 aliphatic heterocycles. The van der Waals surface area contributed by atoms with Gasteiger partial charge in [0.1, 0.15) is 5.25 Å². The summed E-state index contributed by atoms with van der Waals surface area (Å²) in [4.78, 5) is 4.10. The highest BCUT2D eigenvalue weighted by Gasteiger charge is 2.29. The summed E-state index contributed by atoms with van der Waals surface area (Å²) >= 11 is 0. The van der Waals surface area contributed by atoms with E-state index in [1.165, 1.54) is 47.7 Å². The first-order chi connectivity index (χ1) is 15.5. The number of nitrogens with one attached hydrogen (secondary N) is 1. The molecule has 1 N–H and O–H groups in total. The first kappa shape index (κ1) is 22.5. The monoisotopic (exact) mass is 449 g/mol. The van der Waals surface area contributed by atoms with Crippen LogP contribution in [-0.2, 0) is 16.6 Å². The smallest absolute Gasteiger partial charge is 0.249 e. The maximum absolute atomic E-state index is 13.7. The molecule has 168 valence electrons. The molecule has 0 amide bonds. The van der Waals surface area contributed by atoms with Gasteiger partial charge >= 0.3 is 0 Å². The Labute approximate surface area is 191 Å². The lowest BCUT2D eigenvalue weighted by atomic mass is 9.84. The highest BCUT2D eigenvalue weighted by Crippen LogP contribution is 2.35. The fourth-order valence-corrected chi connectivity index (χ4v) is 6.36. The molecule has 1 fully saturated rings. The third-order valence-corrected chi connectivity index (χ3v) is 8.29. The molecule has 2 heterocycles. The van der Waals surface area contributed by atoms with Gasteiger partial charge in [0.15, 0.2) is 0 Å². The predicted molar refractivity (Wildman–Crippen MR) is 130 cm³/mol. The molecule has 3 aromatic rings. The molecule has 4 rings (SSSR count). The van der Waals surface area contributed by atoms with Crippen molar-refractivity contribution in [1.29, 1.82) is 0 Å². The maximum atomic E-state index is 13.7. The minimum atomic E-state index is -3.78. The van der Waals surface area contributed by atoms with Gasteiger partial charge in [-0.1, -0.05) is 55.7 Å². The van der Waals surface area contributed by atoms with Gasteiger partial charge in [0.05, 0.1) is 5.69 Å². The zero-order chi connectivity index (χ0) is 22.6. The van der Waals surface area contributed by atoms with E-state index in [1.807, 2.05) is 13.1 Å². The summed E-state index contributed by atoms with van der Waals surface area (Å²) in [7, 11) is -1.93. The lowest BCUT2D eigenvalue weighted by molar-refractivity contribution is 0.443. The van der Waals surface area contributed by atoms with Crippen LogP contribution in [0, 0.1) is 0 Å². The van der Waals surface area contributed by atoms with Crippen LogP contribution in [-0.4, -0.2) is 24.4 Å². The zero-order valence-electron chi connectivity index (χ0n) is 18.6. The van der Waals surface area contributed by atoms with E-state index >= 15 is 0 Å². The van der Waals surface area contributed by atoms with E-state index in [0.717, 1.165) is 11.1 Å². The summed E-state index contributed by atoms with van der Waals surface area (Å²) in [6, 6.07) is 13.9. The summed E-state index contributed by atoms with van der Waals surface area (Å²) in [6.07, 6.45) is 12.8. The average molecular weight is 450 g/mol. The Kier molecular flexibility index (Phi) is 6.92. The van der Waals surface area contributed by atoms with Crippen LogP contribution >= 0.6 is 0 Å². The van der Waals surface area contributed by atoms with Gasteiger partial charge in [0.2, 0.25) is 10.0 Å². The molecule has 0 spiro atoms. The number of benzene rings is 1. The van der Waals surface area contributed by atoms with E-state index in [-0.39, 0.29) is 0 Å². The Morgan fingerprint density at radius 1 is 1.19 bits per heavy atom. The van der Waals surface area contributed by atoms with Crippen molar-refractivity contribution in [3.8, 4) is 11.3 Å². The first-order valence-electron chi connectivity index (χ1n) is 11.3. The molecule has 1 aromatic carbocycles. The van der Waals surface area contributed by atoms with Crippen LogP contribution in [0.2, 0.25) is 0 Å². The van der Waals surface area contributed by atoms with Crippen LogP contribution in [0.15, 0.2) is 73.7 Å². The molecule has 6 heteroatoms. The van der Waals surface area contributed by atoms with Crippen LogP contribution in [0.25, 0.3) is 11.3 Å². The maximum Gasteiger partial charge on any atom is 0.249 e. The summed E-state index contributed by atoms with van der Waals surface area (Å²) in [6.45, 7) is 4.39. The molecule has 1 saturated carbocycles. The largest absolute Gasteiger partial charge is 0.316 e. The Bertz CT molecular complexity index is 1150. The highest BCUT2D eigenvalue weighted by molar-refractivity contribution is 7.90. The normalized spacial score (nSPS) is 16.0. The minimum Gasteiger partial charge on any atom is -0.316 e. The first-order valence-corrected chi connectivity index (χ1v) is 12.8. The molecule has 2 aromatic heterocycles. The van der Waals surface area contributed by atoms with Gasteiger partial charge in [-0.05, 0) is 60.2 Å². The van der Waals surface area contributed by atoms with Crippen LogP contribution in [0.4, 0.5) is 0 Å². The Hall–Kier alpha value is -2.70. The summed E-state index contributed by atoms with van der Waals surface area (Å²) in [5.74, 6) is 0.615. The quantitative estimate of drug-likeness (QED) is 0.466. The Morgan fingerprint density at radius 2 is 1.94 bits per heavy atom. The number of nitrogens with zero attached hydrogens (tertiary/aromatic N) is 2.